The van der Waals surface area contributed by atoms with Gasteiger partial charge < -0.3 is 4.90 Å². The average molecular weight is 286 g/mol. The van der Waals surface area contributed by atoms with Crippen molar-refractivity contribution in [2.45, 2.75) is 0 Å². The molecule has 2 rings (SSSR count). The highest BCUT2D eigenvalue weighted by Crippen LogP contribution is 2.14. The van der Waals surface area contributed by atoms with E-state index in [1.54, 1.807) is 30.3 Å². The van der Waals surface area contributed by atoms with E-state index in [4.69, 9.17) is 11.6 Å². The van der Waals surface area contributed by atoms with Crippen LogP contribution in [0.2, 0.25) is 5.02 Å². The number of carbonyl (C=O) groups is 1. The van der Waals surface area contributed by atoms with Gasteiger partial charge in [-0.3, -0.25) is 4.79 Å². The lowest BCUT2D eigenvalue weighted by molar-refractivity contribution is 0.104. The molecule has 3 heteroatoms. The highest BCUT2D eigenvalue weighted by atomic mass is 35.5. The minimum Gasteiger partial charge on any atom is -0.378 e. The standard InChI is InChI=1S/C17H16ClNO/c1-19(2)16-10-3-13(4-11-16)5-12-17(20)14-6-8-15(18)9-7-14/h3-12H,1-2H3/b12-5+. The Morgan fingerprint density at radius 2 is 1.60 bits per heavy atom. The first-order valence-corrected chi connectivity index (χ1v) is 6.69. The van der Waals surface area contributed by atoms with Crippen molar-refractivity contribution in [2.75, 3.05) is 19.0 Å². The van der Waals surface area contributed by atoms with Crippen LogP contribution in [0.1, 0.15) is 15.9 Å². The Morgan fingerprint density at radius 3 is 2.15 bits per heavy atom. The Labute approximate surface area is 124 Å². The van der Waals surface area contributed by atoms with Crippen molar-refractivity contribution in [1.82, 2.24) is 0 Å². The number of halogens is 1. The van der Waals surface area contributed by atoms with Crippen molar-refractivity contribution < 1.29 is 4.79 Å². The van der Waals surface area contributed by atoms with Gasteiger partial charge in [-0.2, -0.15) is 0 Å². The molecule has 0 radical (unpaired) electrons. The summed E-state index contributed by atoms with van der Waals surface area (Å²) in [4.78, 5) is 14.0. The topological polar surface area (TPSA) is 20.3 Å². The number of hydrogen-bond acceptors (Lipinski definition) is 2. The largest absolute Gasteiger partial charge is 0.378 e. The normalized spacial score (nSPS) is 10.8. The van der Waals surface area contributed by atoms with Gasteiger partial charge in [0.2, 0.25) is 0 Å². The summed E-state index contributed by atoms with van der Waals surface area (Å²) in [7, 11) is 3.99. The Hall–Kier alpha value is -2.06. The van der Waals surface area contributed by atoms with Crippen LogP contribution in [0.25, 0.3) is 6.08 Å². The number of nitrogens with zero attached hydrogens (tertiary/aromatic N) is 1. The number of carbonyl (C=O) groups excluding carboxylic acids is 1. The van der Waals surface area contributed by atoms with Crippen LogP contribution in [0.4, 0.5) is 5.69 Å². The minimum atomic E-state index is -0.0293. The fraction of sp³-hybridized carbons (Fsp3) is 0.118. The highest BCUT2D eigenvalue weighted by molar-refractivity contribution is 6.30. The number of rotatable bonds is 4. The van der Waals surface area contributed by atoms with Crippen LogP contribution >= 0.6 is 11.6 Å². The van der Waals surface area contributed by atoms with Crippen LogP contribution in [-0.4, -0.2) is 19.9 Å². The second-order valence-electron chi connectivity index (χ2n) is 4.69. The third-order valence-electron chi connectivity index (χ3n) is 2.97. The molecule has 0 spiro atoms. The molecule has 20 heavy (non-hydrogen) atoms. The lowest BCUT2D eigenvalue weighted by Crippen LogP contribution is -2.07. The summed E-state index contributed by atoms with van der Waals surface area (Å²) in [5, 5.41) is 0.629. The van der Waals surface area contributed by atoms with Crippen LogP contribution in [0.3, 0.4) is 0 Å². The fourth-order valence-electron chi connectivity index (χ4n) is 1.77. The summed E-state index contributed by atoms with van der Waals surface area (Å²) >= 11 is 5.80. The molecule has 0 bridgehead atoms. The number of benzene rings is 2. The van der Waals surface area contributed by atoms with E-state index in [1.165, 1.54) is 0 Å². The molecule has 0 aromatic heterocycles. The first-order valence-electron chi connectivity index (χ1n) is 6.31. The summed E-state index contributed by atoms with van der Waals surface area (Å²) in [5.41, 5.74) is 2.76. The molecule has 0 fully saturated rings. The summed E-state index contributed by atoms with van der Waals surface area (Å²) in [6.45, 7) is 0. The van der Waals surface area contributed by atoms with Gasteiger partial charge in [-0.05, 0) is 48.0 Å². The molecular weight excluding hydrogens is 270 g/mol. The van der Waals surface area contributed by atoms with E-state index in [-0.39, 0.29) is 5.78 Å². The van der Waals surface area contributed by atoms with Crippen LogP contribution in [0.5, 0.6) is 0 Å². The maximum absolute atomic E-state index is 12.0. The zero-order valence-corrected chi connectivity index (χ0v) is 12.3. The van der Waals surface area contributed by atoms with E-state index in [9.17, 15) is 4.79 Å². The van der Waals surface area contributed by atoms with Crippen molar-refractivity contribution in [3.8, 4) is 0 Å². The molecule has 2 nitrogen and oxygen atoms in total. The van der Waals surface area contributed by atoms with Gasteiger partial charge in [-0.25, -0.2) is 0 Å². The van der Waals surface area contributed by atoms with Gasteiger partial charge in [0.05, 0.1) is 0 Å². The molecule has 0 amide bonds. The SMILES string of the molecule is CN(C)c1ccc(/C=C/C(=O)c2ccc(Cl)cc2)cc1. The fourth-order valence-corrected chi connectivity index (χ4v) is 1.89. The van der Waals surface area contributed by atoms with Gasteiger partial charge in [-0.1, -0.05) is 29.8 Å². The van der Waals surface area contributed by atoms with E-state index in [0.717, 1.165) is 11.3 Å². The lowest BCUT2D eigenvalue weighted by atomic mass is 10.1. The smallest absolute Gasteiger partial charge is 0.185 e. The predicted octanol–water partition coefficient (Wildman–Crippen LogP) is 4.30. The third-order valence-corrected chi connectivity index (χ3v) is 3.22. The minimum absolute atomic E-state index is 0.0293. The van der Waals surface area contributed by atoms with Gasteiger partial charge in [-0.15, -0.1) is 0 Å². The quantitative estimate of drug-likeness (QED) is 0.616. The maximum atomic E-state index is 12.0. The number of hydrogen-bond donors (Lipinski definition) is 0. The number of anilines is 1. The summed E-state index contributed by atoms with van der Waals surface area (Å²) < 4.78 is 0. The Balaban J connectivity index is 2.08. The first-order chi connectivity index (χ1) is 9.56. The first kappa shape index (κ1) is 14.4. The van der Waals surface area contributed by atoms with Crippen LogP contribution in [0, 0.1) is 0 Å². The van der Waals surface area contributed by atoms with E-state index in [2.05, 4.69) is 0 Å². The highest BCUT2D eigenvalue weighted by Gasteiger charge is 2.01. The molecule has 0 aliphatic heterocycles. The molecule has 0 saturated carbocycles. The van der Waals surface area contributed by atoms with Gasteiger partial charge in [0.1, 0.15) is 0 Å². The lowest BCUT2D eigenvalue weighted by Gasteiger charge is -2.11. The zero-order valence-electron chi connectivity index (χ0n) is 11.5. The van der Waals surface area contributed by atoms with E-state index in [1.807, 2.05) is 49.3 Å². The summed E-state index contributed by atoms with van der Waals surface area (Å²) in [6, 6.07) is 14.9. The van der Waals surface area contributed by atoms with Crippen LogP contribution in [-0.2, 0) is 0 Å². The van der Waals surface area contributed by atoms with Gasteiger partial charge in [0, 0.05) is 30.4 Å². The Kier molecular flexibility index (Phi) is 4.59. The van der Waals surface area contributed by atoms with E-state index >= 15 is 0 Å². The van der Waals surface area contributed by atoms with Crippen molar-refractivity contribution in [1.29, 1.82) is 0 Å². The Morgan fingerprint density at radius 1 is 1.00 bits per heavy atom. The maximum Gasteiger partial charge on any atom is 0.185 e. The molecule has 0 aliphatic carbocycles. The van der Waals surface area contributed by atoms with Crippen molar-refractivity contribution in [2.24, 2.45) is 0 Å². The van der Waals surface area contributed by atoms with Crippen molar-refractivity contribution >= 4 is 29.1 Å². The molecule has 0 unspecified atom stereocenters. The molecule has 0 atom stereocenters. The third kappa shape index (κ3) is 3.72. The number of allylic oxidation sites excluding steroid dienone is 1. The van der Waals surface area contributed by atoms with E-state index < -0.39 is 0 Å². The second-order valence-corrected chi connectivity index (χ2v) is 5.13. The number of ketones is 1. The van der Waals surface area contributed by atoms with Crippen LogP contribution in [0.15, 0.2) is 54.6 Å². The second kappa shape index (κ2) is 6.40. The molecular formula is C17H16ClNO. The molecule has 0 saturated heterocycles. The Bertz CT molecular complexity index is 612. The van der Waals surface area contributed by atoms with Crippen molar-refractivity contribution in [3.63, 3.8) is 0 Å². The molecule has 0 aliphatic rings. The molecule has 2 aromatic rings. The molecule has 102 valence electrons. The van der Waals surface area contributed by atoms with Gasteiger partial charge in [0.15, 0.2) is 5.78 Å². The van der Waals surface area contributed by atoms with Gasteiger partial charge in [0.25, 0.3) is 0 Å². The predicted molar refractivity (Wildman–Crippen MR) is 85.6 cm³/mol. The summed E-state index contributed by atoms with van der Waals surface area (Å²) in [6.07, 6.45) is 3.39. The molecule has 2 aromatic carbocycles. The monoisotopic (exact) mass is 285 g/mol. The molecule has 0 N–H and O–H groups in total. The zero-order chi connectivity index (χ0) is 14.5. The average Bonchev–Trinajstić information content (AvgIpc) is 2.46. The molecule has 0 heterocycles. The summed E-state index contributed by atoms with van der Waals surface area (Å²) in [5.74, 6) is -0.0293. The van der Waals surface area contributed by atoms with Gasteiger partial charge >= 0.3 is 0 Å². The van der Waals surface area contributed by atoms with E-state index in [0.29, 0.717) is 10.6 Å². The van der Waals surface area contributed by atoms with Crippen LogP contribution < -0.4 is 4.90 Å². The van der Waals surface area contributed by atoms with Crippen molar-refractivity contribution in [3.05, 3.63) is 70.8 Å².